The summed E-state index contributed by atoms with van der Waals surface area (Å²) in [5, 5.41) is 13.1. The maximum absolute atomic E-state index is 9.30. The lowest BCUT2D eigenvalue weighted by atomic mass is 9.99. The number of benzene rings is 1. The summed E-state index contributed by atoms with van der Waals surface area (Å²) in [4.78, 5) is 0. The van der Waals surface area contributed by atoms with E-state index in [9.17, 15) is 5.26 Å². The van der Waals surface area contributed by atoms with E-state index < -0.39 is 11.8 Å². The molecule has 0 aliphatic carbocycles. The number of anilines is 1. The molecule has 4 nitrogen and oxygen atoms in total. The van der Waals surface area contributed by atoms with Gasteiger partial charge in [0.05, 0.1) is 6.07 Å². The van der Waals surface area contributed by atoms with Gasteiger partial charge in [-0.05, 0) is 25.1 Å². The predicted molar refractivity (Wildman–Crippen MR) is 71.5 cm³/mol. The van der Waals surface area contributed by atoms with Crippen LogP contribution in [0.2, 0.25) is 5.02 Å². The van der Waals surface area contributed by atoms with Crippen molar-refractivity contribution in [1.29, 1.82) is 5.26 Å². The van der Waals surface area contributed by atoms with Gasteiger partial charge in [-0.15, -0.1) is 0 Å². The van der Waals surface area contributed by atoms with E-state index in [1.165, 1.54) is 0 Å². The smallest absolute Gasteiger partial charge is 0.160 e. The van der Waals surface area contributed by atoms with Crippen LogP contribution in [0.25, 0.3) is 0 Å². The number of nitriles is 1. The van der Waals surface area contributed by atoms with Crippen LogP contribution in [0.1, 0.15) is 13.3 Å². The second-order valence-corrected chi connectivity index (χ2v) is 4.62. The summed E-state index contributed by atoms with van der Waals surface area (Å²) in [6, 6.07) is 9.47. The highest BCUT2D eigenvalue weighted by molar-refractivity contribution is 6.30. The maximum atomic E-state index is 9.30. The lowest BCUT2D eigenvalue weighted by Gasteiger charge is -2.27. The molecular weight excluding hydrogens is 252 g/mol. The van der Waals surface area contributed by atoms with Gasteiger partial charge < -0.3 is 14.8 Å². The van der Waals surface area contributed by atoms with Crippen LogP contribution in [0.3, 0.4) is 0 Å². The minimum absolute atomic E-state index is 0.406. The van der Waals surface area contributed by atoms with Gasteiger partial charge in [-0.2, -0.15) is 5.26 Å². The van der Waals surface area contributed by atoms with Crippen LogP contribution >= 0.6 is 11.6 Å². The number of nitrogens with zero attached hydrogens (tertiary/aromatic N) is 1. The first-order valence-electron chi connectivity index (χ1n) is 5.53. The molecule has 0 aliphatic rings. The molecule has 0 saturated carbocycles. The summed E-state index contributed by atoms with van der Waals surface area (Å²) in [7, 11) is 3.09. The van der Waals surface area contributed by atoms with Crippen LogP contribution in [-0.2, 0) is 9.47 Å². The molecule has 1 rings (SSSR count). The van der Waals surface area contributed by atoms with Gasteiger partial charge >= 0.3 is 0 Å². The molecule has 18 heavy (non-hydrogen) atoms. The molecule has 1 atom stereocenters. The Kier molecular flexibility index (Phi) is 5.42. The average Bonchev–Trinajstić information content (AvgIpc) is 2.36. The van der Waals surface area contributed by atoms with Gasteiger partial charge in [-0.3, -0.25) is 0 Å². The van der Waals surface area contributed by atoms with Gasteiger partial charge in [-0.1, -0.05) is 17.7 Å². The molecule has 1 aromatic carbocycles. The quantitative estimate of drug-likeness (QED) is 0.806. The van der Waals surface area contributed by atoms with Crippen molar-refractivity contribution < 1.29 is 9.47 Å². The number of halogens is 1. The van der Waals surface area contributed by atoms with E-state index in [4.69, 9.17) is 21.1 Å². The highest BCUT2D eigenvalue weighted by Crippen LogP contribution is 2.23. The van der Waals surface area contributed by atoms with Crippen LogP contribution in [0, 0.1) is 11.3 Å². The molecule has 0 radical (unpaired) electrons. The number of nitrogens with one attached hydrogen (secondary N) is 1. The molecule has 1 N–H and O–H groups in total. The van der Waals surface area contributed by atoms with Crippen LogP contribution in [0.5, 0.6) is 0 Å². The number of methoxy groups -OCH3 is 2. The summed E-state index contributed by atoms with van der Waals surface area (Å²) in [6.45, 7) is 1.79. The minimum Gasteiger partial charge on any atom is -0.367 e. The van der Waals surface area contributed by atoms with E-state index in [-0.39, 0.29) is 0 Å². The van der Waals surface area contributed by atoms with Crippen LogP contribution in [0.15, 0.2) is 24.3 Å². The molecule has 0 aromatic heterocycles. The Morgan fingerprint density at radius 3 is 2.61 bits per heavy atom. The molecule has 0 heterocycles. The fraction of sp³-hybridized carbons (Fsp3) is 0.462. The Morgan fingerprint density at radius 2 is 2.11 bits per heavy atom. The molecule has 1 unspecified atom stereocenters. The Bertz CT molecular complexity index is 429. The van der Waals surface area contributed by atoms with Crippen LogP contribution < -0.4 is 5.32 Å². The summed E-state index contributed by atoms with van der Waals surface area (Å²) in [5.41, 5.74) is -0.000951. The second kappa shape index (κ2) is 6.60. The highest BCUT2D eigenvalue weighted by atomic mass is 35.5. The topological polar surface area (TPSA) is 54.3 Å². The summed E-state index contributed by atoms with van der Waals surface area (Å²) in [5.74, 6) is 0. The van der Waals surface area contributed by atoms with Crippen molar-refractivity contribution in [2.24, 2.45) is 0 Å². The fourth-order valence-electron chi connectivity index (χ4n) is 1.61. The monoisotopic (exact) mass is 268 g/mol. The molecule has 0 aliphatic heterocycles. The Hall–Kier alpha value is -1.28. The summed E-state index contributed by atoms with van der Waals surface area (Å²) >= 11 is 5.90. The molecule has 0 fully saturated rings. The van der Waals surface area contributed by atoms with E-state index in [2.05, 4.69) is 11.4 Å². The van der Waals surface area contributed by atoms with E-state index in [0.29, 0.717) is 11.4 Å². The van der Waals surface area contributed by atoms with Crippen molar-refractivity contribution in [3.8, 4) is 6.07 Å². The molecule has 0 spiro atoms. The van der Waals surface area contributed by atoms with Crippen LogP contribution in [0.4, 0.5) is 5.69 Å². The normalized spacial score (nSPS) is 14.0. The van der Waals surface area contributed by atoms with Gasteiger partial charge in [0.1, 0.15) is 5.54 Å². The zero-order valence-electron chi connectivity index (χ0n) is 10.7. The van der Waals surface area contributed by atoms with Gasteiger partial charge in [0.25, 0.3) is 0 Å². The third-order valence-corrected chi connectivity index (χ3v) is 2.83. The van der Waals surface area contributed by atoms with E-state index >= 15 is 0 Å². The van der Waals surface area contributed by atoms with E-state index in [1.807, 2.05) is 12.1 Å². The molecule has 5 heteroatoms. The Labute approximate surface area is 112 Å². The first-order valence-corrected chi connectivity index (χ1v) is 5.91. The molecule has 98 valence electrons. The lowest BCUT2D eigenvalue weighted by molar-refractivity contribution is -0.110. The maximum Gasteiger partial charge on any atom is 0.160 e. The fourth-order valence-corrected chi connectivity index (χ4v) is 1.80. The predicted octanol–water partition coefficient (Wildman–Crippen LogP) is 3.04. The average molecular weight is 269 g/mol. The van der Waals surface area contributed by atoms with Gasteiger partial charge in [0.15, 0.2) is 6.29 Å². The van der Waals surface area contributed by atoms with Crippen molar-refractivity contribution in [2.75, 3.05) is 19.5 Å². The van der Waals surface area contributed by atoms with Crippen molar-refractivity contribution >= 4 is 17.3 Å². The van der Waals surface area contributed by atoms with Gasteiger partial charge in [-0.25, -0.2) is 0 Å². The zero-order valence-corrected chi connectivity index (χ0v) is 11.5. The first-order chi connectivity index (χ1) is 8.53. The molecule has 0 amide bonds. The molecule has 0 saturated heterocycles. The number of hydrogen-bond donors (Lipinski definition) is 1. The second-order valence-electron chi connectivity index (χ2n) is 4.18. The number of rotatable bonds is 6. The lowest BCUT2D eigenvalue weighted by Crippen LogP contribution is -2.38. The first kappa shape index (κ1) is 14.8. The van der Waals surface area contributed by atoms with Crippen molar-refractivity contribution in [3.05, 3.63) is 29.3 Å². The third-order valence-electron chi connectivity index (χ3n) is 2.59. The summed E-state index contributed by atoms with van der Waals surface area (Å²) in [6.07, 6.45) is -0.0236. The Balaban J connectivity index is 2.80. The highest BCUT2D eigenvalue weighted by Gasteiger charge is 2.28. The number of ether oxygens (including phenoxy) is 2. The van der Waals surface area contributed by atoms with E-state index in [1.54, 1.807) is 33.3 Å². The van der Waals surface area contributed by atoms with Crippen LogP contribution in [-0.4, -0.2) is 26.0 Å². The Morgan fingerprint density at radius 1 is 1.44 bits per heavy atom. The zero-order chi connectivity index (χ0) is 13.6. The summed E-state index contributed by atoms with van der Waals surface area (Å²) < 4.78 is 10.2. The molecule has 0 bridgehead atoms. The SMILES string of the molecule is COC(CC(C)(C#N)Nc1cccc(Cl)c1)OC. The number of hydrogen-bond acceptors (Lipinski definition) is 4. The van der Waals surface area contributed by atoms with Gasteiger partial charge in [0, 0.05) is 31.4 Å². The minimum atomic E-state index is -0.790. The van der Waals surface area contributed by atoms with Crippen molar-refractivity contribution in [1.82, 2.24) is 0 Å². The van der Waals surface area contributed by atoms with Crippen molar-refractivity contribution in [2.45, 2.75) is 25.2 Å². The third kappa shape index (κ3) is 4.19. The van der Waals surface area contributed by atoms with E-state index in [0.717, 1.165) is 5.69 Å². The largest absolute Gasteiger partial charge is 0.367 e. The molecule has 1 aromatic rings. The van der Waals surface area contributed by atoms with Crippen molar-refractivity contribution in [3.63, 3.8) is 0 Å². The van der Waals surface area contributed by atoms with Gasteiger partial charge in [0.2, 0.25) is 0 Å². The molecular formula is C13H17ClN2O2. The standard InChI is InChI=1S/C13H17ClN2O2/c1-13(9-15,8-12(17-2)18-3)16-11-6-4-5-10(14)7-11/h4-7,12,16H,8H2,1-3H3.